The van der Waals surface area contributed by atoms with Gasteiger partial charge in [-0.25, -0.2) is 13.1 Å². The molecule has 2 N–H and O–H groups in total. The molecule has 0 atom stereocenters. The third-order valence-corrected chi connectivity index (χ3v) is 7.00. The summed E-state index contributed by atoms with van der Waals surface area (Å²) >= 11 is 3.40. The second kappa shape index (κ2) is 9.73. The molecule has 1 saturated carbocycles. The zero-order valence-electron chi connectivity index (χ0n) is 16.3. The number of amides is 1. The van der Waals surface area contributed by atoms with E-state index in [2.05, 4.69) is 26.0 Å². The minimum Gasteiger partial charge on any atom is -0.493 e. The largest absolute Gasteiger partial charge is 0.493 e. The Kier molecular flexibility index (Phi) is 7.32. The molecule has 1 amide bonds. The molecule has 0 aromatic heterocycles. The monoisotopic (exact) mass is 480 g/mol. The molecule has 1 aliphatic carbocycles. The van der Waals surface area contributed by atoms with Gasteiger partial charge in [-0.15, -0.1) is 0 Å². The minimum atomic E-state index is -3.56. The van der Waals surface area contributed by atoms with E-state index in [0.29, 0.717) is 28.1 Å². The Balaban J connectivity index is 1.65. The van der Waals surface area contributed by atoms with Crippen LogP contribution in [0, 0.1) is 0 Å². The quantitative estimate of drug-likeness (QED) is 0.600. The van der Waals surface area contributed by atoms with Gasteiger partial charge in [0, 0.05) is 17.3 Å². The molecule has 6 nitrogen and oxygen atoms in total. The second-order valence-corrected chi connectivity index (χ2v) is 9.58. The van der Waals surface area contributed by atoms with Crippen LogP contribution in [-0.4, -0.2) is 27.0 Å². The number of anilines is 1. The van der Waals surface area contributed by atoms with Crippen molar-refractivity contribution in [2.75, 3.05) is 11.9 Å². The smallest absolute Gasteiger partial charge is 0.255 e. The number of ether oxygens (including phenoxy) is 1. The van der Waals surface area contributed by atoms with Gasteiger partial charge in [0.2, 0.25) is 10.0 Å². The fourth-order valence-corrected chi connectivity index (χ4v) is 5.14. The van der Waals surface area contributed by atoms with E-state index in [4.69, 9.17) is 4.74 Å². The number of sulfonamides is 1. The molecular weight excluding hydrogens is 456 g/mol. The topological polar surface area (TPSA) is 84.5 Å². The van der Waals surface area contributed by atoms with Crippen molar-refractivity contribution in [2.24, 2.45) is 0 Å². The second-order valence-electron chi connectivity index (χ2n) is 7.01. The van der Waals surface area contributed by atoms with E-state index in [1.165, 1.54) is 12.1 Å². The SMILES string of the molecule is CCOc1ccc(C(=O)Nc2ccc(S(=O)(=O)NC3CCCCC3)cc2)cc1Br. The molecule has 1 fully saturated rings. The standard InChI is InChI=1S/C21H25BrN2O4S/c1-2-28-20-13-8-15(14-19(20)22)21(25)23-16-9-11-18(12-10-16)29(26,27)24-17-6-4-3-5-7-17/h8-14,17,24H,2-7H2,1H3,(H,23,25). The summed E-state index contributed by atoms with van der Waals surface area (Å²) in [5.41, 5.74) is 0.993. The summed E-state index contributed by atoms with van der Waals surface area (Å²) in [7, 11) is -3.56. The van der Waals surface area contributed by atoms with Crippen LogP contribution in [0.3, 0.4) is 0 Å². The molecule has 0 saturated heterocycles. The van der Waals surface area contributed by atoms with Crippen molar-refractivity contribution in [3.63, 3.8) is 0 Å². The fourth-order valence-electron chi connectivity index (χ4n) is 3.34. The average molecular weight is 481 g/mol. The van der Waals surface area contributed by atoms with Crippen LogP contribution in [0.25, 0.3) is 0 Å². The maximum absolute atomic E-state index is 12.6. The van der Waals surface area contributed by atoms with Gasteiger partial charge in [0.1, 0.15) is 5.75 Å². The summed E-state index contributed by atoms with van der Waals surface area (Å²) in [5.74, 6) is 0.383. The Bertz CT molecular complexity index is 955. The third kappa shape index (κ3) is 5.81. The fraction of sp³-hybridized carbons (Fsp3) is 0.381. The molecule has 156 valence electrons. The van der Waals surface area contributed by atoms with Gasteiger partial charge < -0.3 is 10.1 Å². The van der Waals surface area contributed by atoms with Crippen molar-refractivity contribution in [3.8, 4) is 5.75 Å². The van der Waals surface area contributed by atoms with Crippen LogP contribution in [0.15, 0.2) is 51.8 Å². The Morgan fingerprint density at radius 1 is 1.10 bits per heavy atom. The molecule has 0 radical (unpaired) electrons. The third-order valence-electron chi connectivity index (χ3n) is 4.84. The number of carbonyl (C=O) groups is 1. The summed E-state index contributed by atoms with van der Waals surface area (Å²) in [5, 5.41) is 2.78. The maximum Gasteiger partial charge on any atom is 0.255 e. The maximum atomic E-state index is 12.6. The van der Waals surface area contributed by atoms with Gasteiger partial charge in [-0.3, -0.25) is 4.79 Å². The first kappa shape index (κ1) is 21.8. The molecule has 3 rings (SSSR count). The van der Waals surface area contributed by atoms with Crippen LogP contribution in [0.1, 0.15) is 49.4 Å². The van der Waals surface area contributed by atoms with Crippen molar-refractivity contribution in [1.29, 1.82) is 0 Å². The molecule has 29 heavy (non-hydrogen) atoms. The number of rotatable bonds is 7. The highest BCUT2D eigenvalue weighted by atomic mass is 79.9. The highest BCUT2D eigenvalue weighted by molar-refractivity contribution is 9.10. The Labute approximate surface area is 180 Å². The summed E-state index contributed by atoms with van der Waals surface area (Å²) in [6, 6.07) is 11.3. The van der Waals surface area contributed by atoms with E-state index in [9.17, 15) is 13.2 Å². The van der Waals surface area contributed by atoms with Gasteiger partial charge in [-0.1, -0.05) is 19.3 Å². The number of hydrogen-bond acceptors (Lipinski definition) is 4. The van der Waals surface area contributed by atoms with Crippen molar-refractivity contribution in [2.45, 2.75) is 50.0 Å². The molecule has 0 unspecified atom stereocenters. The van der Waals surface area contributed by atoms with Crippen LogP contribution < -0.4 is 14.8 Å². The number of halogens is 1. The summed E-state index contributed by atoms with van der Waals surface area (Å²) in [6.07, 6.45) is 5.03. The number of nitrogens with one attached hydrogen (secondary N) is 2. The number of hydrogen-bond donors (Lipinski definition) is 2. The molecule has 0 heterocycles. The zero-order valence-corrected chi connectivity index (χ0v) is 18.7. The van der Waals surface area contributed by atoms with E-state index in [1.807, 2.05) is 6.92 Å². The van der Waals surface area contributed by atoms with Crippen molar-refractivity contribution in [1.82, 2.24) is 4.72 Å². The molecule has 0 bridgehead atoms. The highest BCUT2D eigenvalue weighted by Crippen LogP contribution is 2.26. The summed E-state index contributed by atoms with van der Waals surface area (Å²) < 4.78 is 34.1. The lowest BCUT2D eigenvalue weighted by Gasteiger charge is -2.22. The molecule has 2 aromatic rings. The first-order valence-electron chi connectivity index (χ1n) is 9.75. The molecule has 0 aliphatic heterocycles. The van der Waals surface area contributed by atoms with Crippen molar-refractivity contribution in [3.05, 3.63) is 52.5 Å². The average Bonchev–Trinajstić information content (AvgIpc) is 2.70. The van der Waals surface area contributed by atoms with E-state index < -0.39 is 10.0 Å². The van der Waals surface area contributed by atoms with E-state index in [-0.39, 0.29) is 16.8 Å². The molecule has 0 spiro atoms. The van der Waals surface area contributed by atoms with Gasteiger partial charge >= 0.3 is 0 Å². The Morgan fingerprint density at radius 2 is 1.79 bits per heavy atom. The van der Waals surface area contributed by atoms with Crippen LogP contribution in [-0.2, 0) is 10.0 Å². The Hall–Kier alpha value is -1.90. The van der Waals surface area contributed by atoms with Crippen molar-refractivity contribution < 1.29 is 17.9 Å². The van der Waals surface area contributed by atoms with Gasteiger partial charge in [-0.05, 0) is 78.2 Å². The lowest BCUT2D eigenvalue weighted by molar-refractivity contribution is 0.102. The molecular formula is C21H25BrN2O4S. The van der Waals surface area contributed by atoms with Gasteiger partial charge in [0.25, 0.3) is 5.91 Å². The molecule has 2 aromatic carbocycles. The molecule has 1 aliphatic rings. The zero-order chi connectivity index (χ0) is 20.9. The van der Waals surface area contributed by atoms with Crippen LogP contribution in [0.4, 0.5) is 5.69 Å². The summed E-state index contributed by atoms with van der Waals surface area (Å²) in [4.78, 5) is 12.7. The minimum absolute atomic E-state index is 0.00577. The van der Waals surface area contributed by atoms with Gasteiger partial charge in [0.15, 0.2) is 0 Å². The summed E-state index contributed by atoms with van der Waals surface area (Å²) in [6.45, 7) is 2.43. The predicted molar refractivity (Wildman–Crippen MR) is 117 cm³/mol. The lowest BCUT2D eigenvalue weighted by atomic mass is 9.96. The van der Waals surface area contributed by atoms with Crippen LogP contribution >= 0.6 is 15.9 Å². The van der Waals surface area contributed by atoms with E-state index in [1.54, 1.807) is 30.3 Å². The van der Waals surface area contributed by atoms with E-state index >= 15 is 0 Å². The number of benzene rings is 2. The van der Waals surface area contributed by atoms with Crippen LogP contribution in [0.2, 0.25) is 0 Å². The number of carbonyl (C=O) groups excluding carboxylic acids is 1. The normalized spacial score (nSPS) is 15.1. The van der Waals surface area contributed by atoms with Gasteiger partial charge in [0.05, 0.1) is 16.0 Å². The first-order chi connectivity index (χ1) is 13.9. The highest BCUT2D eigenvalue weighted by Gasteiger charge is 2.21. The van der Waals surface area contributed by atoms with Crippen LogP contribution in [0.5, 0.6) is 5.75 Å². The molecule has 8 heteroatoms. The predicted octanol–water partition coefficient (Wildman–Crippen LogP) is 4.71. The van der Waals surface area contributed by atoms with Crippen molar-refractivity contribution >= 4 is 37.5 Å². The van der Waals surface area contributed by atoms with Gasteiger partial charge in [-0.2, -0.15) is 0 Å². The van der Waals surface area contributed by atoms with E-state index in [0.717, 1.165) is 32.1 Å². The Morgan fingerprint density at radius 3 is 2.41 bits per heavy atom. The lowest BCUT2D eigenvalue weighted by Crippen LogP contribution is -2.36. The first-order valence-corrected chi connectivity index (χ1v) is 12.0.